The summed E-state index contributed by atoms with van der Waals surface area (Å²) in [5.74, 6) is -0.234. The first-order valence-corrected chi connectivity index (χ1v) is 10.5. The minimum atomic E-state index is -0.477. The first-order chi connectivity index (χ1) is 13.5. The van der Waals surface area contributed by atoms with E-state index in [-0.39, 0.29) is 17.6 Å². The van der Waals surface area contributed by atoms with Gasteiger partial charge in [-0.15, -0.1) is 11.3 Å². The smallest absolute Gasteiger partial charge is 0.264 e. The van der Waals surface area contributed by atoms with E-state index in [1.165, 1.54) is 16.9 Å². The highest BCUT2D eigenvalue weighted by atomic mass is 32.1. The van der Waals surface area contributed by atoms with Crippen molar-refractivity contribution >= 4 is 45.5 Å². The van der Waals surface area contributed by atoms with E-state index >= 15 is 0 Å². The Bertz CT molecular complexity index is 891. The molecule has 0 spiro atoms. The molecule has 1 aromatic carbocycles. The van der Waals surface area contributed by atoms with Gasteiger partial charge in [-0.05, 0) is 67.6 Å². The number of carbonyl (C=O) groups excluding carboxylic acids is 2. The van der Waals surface area contributed by atoms with Crippen LogP contribution in [-0.2, 0) is 24.1 Å². The Hall–Kier alpha value is -2.45. The number of nitrogens with two attached hydrogens (primary N) is 1. The van der Waals surface area contributed by atoms with Crippen molar-refractivity contribution in [2.45, 2.75) is 39.0 Å². The third-order valence-corrected chi connectivity index (χ3v) is 6.01. The van der Waals surface area contributed by atoms with Crippen LogP contribution in [0, 0.1) is 0 Å². The molecule has 28 heavy (non-hydrogen) atoms. The predicted molar refractivity (Wildman–Crippen MR) is 115 cm³/mol. The van der Waals surface area contributed by atoms with E-state index in [0.29, 0.717) is 16.3 Å². The van der Waals surface area contributed by atoms with Crippen molar-refractivity contribution < 1.29 is 14.3 Å². The van der Waals surface area contributed by atoms with E-state index in [1.807, 2.05) is 24.3 Å². The second kappa shape index (κ2) is 9.16. The van der Waals surface area contributed by atoms with Crippen LogP contribution in [0.15, 0.2) is 24.3 Å². The first kappa shape index (κ1) is 20.3. The largest absolute Gasteiger partial charge is 0.484 e. The van der Waals surface area contributed by atoms with E-state index in [4.69, 9.17) is 22.7 Å². The lowest BCUT2D eigenvalue weighted by Crippen LogP contribution is -2.37. The van der Waals surface area contributed by atoms with Gasteiger partial charge in [-0.25, -0.2) is 0 Å². The zero-order valence-electron chi connectivity index (χ0n) is 15.7. The molecule has 0 aliphatic heterocycles. The maximum Gasteiger partial charge on any atom is 0.264 e. The molecule has 1 aliphatic rings. The van der Waals surface area contributed by atoms with E-state index in [1.54, 1.807) is 0 Å². The molecule has 4 N–H and O–H groups in total. The summed E-state index contributed by atoms with van der Waals surface area (Å²) in [6, 6.07) is 7.59. The Morgan fingerprint density at radius 3 is 2.61 bits per heavy atom. The van der Waals surface area contributed by atoms with Crippen molar-refractivity contribution in [3.8, 4) is 5.75 Å². The van der Waals surface area contributed by atoms with Crippen LogP contribution in [0.4, 0.5) is 5.00 Å². The Morgan fingerprint density at radius 1 is 1.21 bits per heavy atom. The van der Waals surface area contributed by atoms with Crippen LogP contribution in [0.2, 0.25) is 0 Å². The molecule has 0 bridgehead atoms. The fraction of sp³-hybridized carbons (Fsp3) is 0.350. The Kier molecular flexibility index (Phi) is 6.64. The predicted octanol–water partition coefficient (Wildman–Crippen LogP) is 3.18. The van der Waals surface area contributed by atoms with Gasteiger partial charge in [-0.2, -0.15) is 0 Å². The van der Waals surface area contributed by atoms with Crippen molar-refractivity contribution in [1.29, 1.82) is 0 Å². The van der Waals surface area contributed by atoms with Gasteiger partial charge in [0.1, 0.15) is 10.8 Å². The maximum atomic E-state index is 12.1. The highest BCUT2D eigenvalue weighted by Crippen LogP contribution is 2.37. The van der Waals surface area contributed by atoms with Gasteiger partial charge in [0.15, 0.2) is 11.7 Å². The van der Waals surface area contributed by atoms with Crippen LogP contribution in [-0.4, -0.2) is 23.5 Å². The van der Waals surface area contributed by atoms with E-state index in [0.717, 1.165) is 42.5 Å². The molecule has 0 atom stereocenters. The van der Waals surface area contributed by atoms with Gasteiger partial charge >= 0.3 is 0 Å². The average molecular weight is 418 g/mol. The minimum absolute atomic E-state index is 0.121. The summed E-state index contributed by atoms with van der Waals surface area (Å²) in [6.45, 7) is 1.92. The SMILES string of the molecule is CCc1ccc(OCC(=O)NC(=S)Nc2sc3c(c2C(N)=O)CCCC3)cc1. The lowest BCUT2D eigenvalue weighted by molar-refractivity contribution is -0.121. The molecule has 2 aromatic rings. The van der Waals surface area contributed by atoms with Crippen molar-refractivity contribution in [3.63, 3.8) is 0 Å². The van der Waals surface area contributed by atoms with Crippen LogP contribution in [0.25, 0.3) is 0 Å². The standard InChI is InChI=1S/C20H23N3O3S2/c1-2-12-7-9-13(10-8-12)26-11-16(24)22-20(27)23-19-17(18(21)25)14-5-3-4-6-15(14)28-19/h7-10H,2-6,11H2,1H3,(H2,21,25)(H2,22,23,24,27). The molecule has 6 nitrogen and oxygen atoms in total. The number of amides is 2. The van der Waals surface area contributed by atoms with Gasteiger partial charge < -0.3 is 15.8 Å². The summed E-state index contributed by atoms with van der Waals surface area (Å²) in [7, 11) is 0. The number of hydrogen-bond acceptors (Lipinski definition) is 5. The Morgan fingerprint density at radius 2 is 1.93 bits per heavy atom. The molecular weight excluding hydrogens is 394 g/mol. The number of anilines is 1. The van der Waals surface area contributed by atoms with Crippen LogP contribution >= 0.6 is 23.6 Å². The lowest BCUT2D eigenvalue weighted by atomic mass is 9.95. The molecule has 8 heteroatoms. The Balaban J connectivity index is 1.57. The van der Waals surface area contributed by atoms with Gasteiger partial charge in [0.2, 0.25) is 0 Å². The summed E-state index contributed by atoms with van der Waals surface area (Å²) in [5, 5.41) is 6.25. The van der Waals surface area contributed by atoms with Gasteiger partial charge in [-0.3, -0.25) is 14.9 Å². The average Bonchev–Trinajstić information content (AvgIpc) is 3.04. The second-order valence-corrected chi connectivity index (χ2v) is 8.08. The zero-order valence-corrected chi connectivity index (χ0v) is 17.3. The number of fused-ring (bicyclic) bond motifs is 1. The van der Waals surface area contributed by atoms with Crippen molar-refractivity contribution in [2.75, 3.05) is 11.9 Å². The number of hydrogen-bond donors (Lipinski definition) is 3. The molecule has 0 saturated carbocycles. The van der Waals surface area contributed by atoms with E-state index in [2.05, 4.69) is 17.6 Å². The molecule has 1 aromatic heterocycles. The normalized spacial score (nSPS) is 12.8. The molecule has 1 aliphatic carbocycles. The van der Waals surface area contributed by atoms with Crippen molar-refractivity contribution in [1.82, 2.24) is 5.32 Å². The first-order valence-electron chi connectivity index (χ1n) is 9.24. The number of rotatable bonds is 6. The fourth-order valence-electron chi connectivity index (χ4n) is 3.18. The summed E-state index contributed by atoms with van der Waals surface area (Å²) >= 11 is 6.70. The molecule has 0 unspecified atom stereocenters. The van der Waals surface area contributed by atoms with E-state index < -0.39 is 5.91 Å². The van der Waals surface area contributed by atoms with Gasteiger partial charge in [0.05, 0.1) is 5.56 Å². The van der Waals surface area contributed by atoms with Crippen molar-refractivity contribution in [2.24, 2.45) is 5.73 Å². The van der Waals surface area contributed by atoms with Crippen LogP contribution in [0.3, 0.4) is 0 Å². The molecule has 2 amide bonds. The highest BCUT2D eigenvalue weighted by Gasteiger charge is 2.24. The topological polar surface area (TPSA) is 93.4 Å². The van der Waals surface area contributed by atoms with E-state index in [9.17, 15) is 9.59 Å². The third kappa shape index (κ3) is 4.88. The summed E-state index contributed by atoms with van der Waals surface area (Å²) in [5.41, 5.74) is 8.27. The molecular formula is C20H23N3O3S2. The molecule has 0 fully saturated rings. The summed E-state index contributed by atoms with van der Waals surface area (Å²) in [6.07, 6.45) is 4.87. The number of primary amides is 1. The third-order valence-electron chi connectivity index (χ3n) is 4.60. The second-order valence-electron chi connectivity index (χ2n) is 6.57. The maximum absolute atomic E-state index is 12.1. The van der Waals surface area contributed by atoms with Gasteiger partial charge in [0.25, 0.3) is 11.8 Å². The van der Waals surface area contributed by atoms with Gasteiger partial charge in [0, 0.05) is 4.88 Å². The molecule has 0 radical (unpaired) electrons. The number of carbonyl (C=O) groups is 2. The minimum Gasteiger partial charge on any atom is -0.484 e. The Labute approximate surface area is 173 Å². The van der Waals surface area contributed by atoms with Gasteiger partial charge in [-0.1, -0.05) is 19.1 Å². The van der Waals surface area contributed by atoms with Crippen LogP contribution < -0.4 is 21.1 Å². The molecule has 3 rings (SSSR count). The number of thiocarbonyl (C=S) groups is 1. The van der Waals surface area contributed by atoms with Crippen LogP contribution in [0.1, 0.15) is 46.1 Å². The summed E-state index contributed by atoms with van der Waals surface area (Å²) in [4.78, 5) is 25.2. The quantitative estimate of drug-likeness (QED) is 0.628. The molecule has 1 heterocycles. The van der Waals surface area contributed by atoms with Crippen molar-refractivity contribution in [3.05, 3.63) is 45.8 Å². The number of thiophene rings is 1. The molecule has 0 saturated heterocycles. The zero-order chi connectivity index (χ0) is 20.1. The fourth-order valence-corrected chi connectivity index (χ4v) is 4.76. The number of aryl methyl sites for hydroxylation is 2. The van der Waals surface area contributed by atoms with Crippen LogP contribution in [0.5, 0.6) is 5.75 Å². The number of benzene rings is 1. The number of nitrogens with one attached hydrogen (secondary N) is 2. The summed E-state index contributed by atoms with van der Waals surface area (Å²) < 4.78 is 5.48. The number of ether oxygens (including phenoxy) is 1. The molecule has 148 valence electrons. The monoisotopic (exact) mass is 417 g/mol. The lowest BCUT2D eigenvalue weighted by Gasteiger charge is -2.12. The highest BCUT2D eigenvalue weighted by molar-refractivity contribution is 7.80.